The van der Waals surface area contributed by atoms with Gasteiger partial charge in [0, 0.05) is 19.2 Å². The summed E-state index contributed by atoms with van der Waals surface area (Å²) in [5, 5.41) is 0. The van der Waals surface area contributed by atoms with Crippen LogP contribution in [0.4, 0.5) is 0 Å². The molecule has 0 N–H and O–H groups in total. The van der Waals surface area contributed by atoms with Crippen molar-refractivity contribution in [1.82, 2.24) is 4.90 Å². The van der Waals surface area contributed by atoms with Crippen LogP contribution in [0.2, 0.25) is 0 Å². The molecule has 3 nitrogen and oxygen atoms in total. The Bertz CT molecular complexity index is 483. The quantitative estimate of drug-likeness (QED) is 0.797. The van der Waals surface area contributed by atoms with Crippen molar-refractivity contribution in [2.75, 3.05) is 12.5 Å². The van der Waals surface area contributed by atoms with Crippen LogP contribution in [0.3, 0.4) is 0 Å². The molecular weight excluding hydrogens is 286 g/mol. The first-order valence-corrected chi connectivity index (χ1v) is 8.08. The number of aryl methyl sites for hydroxylation is 2. The number of rotatable bonds is 4. The van der Waals surface area contributed by atoms with Gasteiger partial charge in [-0.25, -0.2) is 0 Å². The lowest BCUT2D eigenvalue weighted by Crippen LogP contribution is -2.45. The molecule has 1 aromatic rings. The maximum absolute atomic E-state index is 12.3. The molecule has 1 amide bonds. The van der Waals surface area contributed by atoms with Gasteiger partial charge >= 0.3 is 0 Å². The van der Waals surface area contributed by atoms with Crippen LogP contribution >= 0.6 is 11.6 Å². The molecular formula is C17H24ClNO2. The second-order valence-electron chi connectivity index (χ2n) is 5.89. The summed E-state index contributed by atoms with van der Waals surface area (Å²) in [7, 11) is 0. The van der Waals surface area contributed by atoms with Gasteiger partial charge in [-0.2, -0.15) is 0 Å². The molecule has 1 aromatic carbocycles. The number of hydrogen-bond acceptors (Lipinski definition) is 2. The molecule has 0 aromatic heterocycles. The first-order chi connectivity index (χ1) is 10.0. The molecule has 2 atom stereocenters. The van der Waals surface area contributed by atoms with Gasteiger partial charge in [-0.15, -0.1) is 11.6 Å². The van der Waals surface area contributed by atoms with Crippen molar-refractivity contribution in [2.24, 2.45) is 0 Å². The molecule has 0 saturated carbocycles. The first kappa shape index (κ1) is 16.3. The smallest absolute Gasteiger partial charge is 0.238 e. The highest BCUT2D eigenvalue weighted by Crippen LogP contribution is 2.24. The van der Waals surface area contributed by atoms with Crippen molar-refractivity contribution in [3.8, 4) is 0 Å². The first-order valence-electron chi connectivity index (χ1n) is 7.55. The number of amides is 1. The highest BCUT2D eigenvalue weighted by molar-refractivity contribution is 6.27. The summed E-state index contributed by atoms with van der Waals surface area (Å²) in [6.45, 7) is 7.61. The average Bonchev–Trinajstić information content (AvgIpc) is 2.46. The zero-order valence-corrected chi connectivity index (χ0v) is 13.8. The monoisotopic (exact) mass is 309 g/mol. The van der Waals surface area contributed by atoms with Gasteiger partial charge in [0.2, 0.25) is 5.91 Å². The summed E-state index contributed by atoms with van der Waals surface area (Å²) in [5.41, 5.74) is 3.68. The SMILES string of the molecule is Cc1cccc(C)c1CN(C(=O)CCl)[C@H]1CCO[C@H](C)C1. The van der Waals surface area contributed by atoms with Gasteiger partial charge in [0.15, 0.2) is 0 Å². The molecule has 2 rings (SSSR count). The van der Waals surface area contributed by atoms with Crippen molar-refractivity contribution in [2.45, 2.75) is 52.3 Å². The maximum Gasteiger partial charge on any atom is 0.238 e. The van der Waals surface area contributed by atoms with E-state index in [2.05, 4.69) is 39.0 Å². The van der Waals surface area contributed by atoms with Crippen LogP contribution in [-0.4, -0.2) is 35.4 Å². The number of nitrogens with zero attached hydrogens (tertiary/aromatic N) is 1. The number of alkyl halides is 1. The highest BCUT2D eigenvalue weighted by atomic mass is 35.5. The third-order valence-electron chi connectivity index (χ3n) is 4.31. The second-order valence-corrected chi connectivity index (χ2v) is 6.15. The van der Waals surface area contributed by atoms with Gasteiger partial charge < -0.3 is 9.64 Å². The summed E-state index contributed by atoms with van der Waals surface area (Å²) in [6, 6.07) is 6.47. The lowest BCUT2D eigenvalue weighted by atomic mass is 9.98. The molecule has 1 saturated heterocycles. The minimum Gasteiger partial charge on any atom is -0.378 e. The van der Waals surface area contributed by atoms with E-state index < -0.39 is 0 Å². The fourth-order valence-corrected chi connectivity index (χ4v) is 3.18. The molecule has 1 aliphatic heterocycles. The van der Waals surface area contributed by atoms with Gasteiger partial charge in [-0.05, 0) is 50.3 Å². The predicted octanol–water partition coefficient (Wildman–Crippen LogP) is 3.44. The van der Waals surface area contributed by atoms with Gasteiger partial charge in [0.25, 0.3) is 0 Å². The molecule has 116 valence electrons. The molecule has 0 bridgehead atoms. The van der Waals surface area contributed by atoms with E-state index in [1.807, 2.05) is 4.90 Å². The normalized spacial score (nSPS) is 22.1. The number of carbonyl (C=O) groups excluding carboxylic acids is 1. The van der Waals surface area contributed by atoms with E-state index in [1.165, 1.54) is 16.7 Å². The number of benzene rings is 1. The Morgan fingerprint density at radius 3 is 2.62 bits per heavy atom. The fraction of sp³-hybridized carbons (Fsp3) is 0.588. The van der Waals surface area contributed by atoms with Crippen LogP contribution in [0.15, 0.2) is 18.2 Å². The molecule has 4 heteroatoms. The molecule has 0 unspecified atom stereocenters. The summed E-state index contributed by atoms with van der Waals surface area (Å²) in [5.74, 6) is 0.0508. The van der Waals surface area contributed by atoms with Crippen LogP contribution in [0.5, 0.6) is 0 Å². The molecule has 0 aliphatic carbocycles. The molecule has 1 fully saturated rings. The number of ether oxygens (including phenoxy) is 1. The van der Waals surface area contributed by atoms with Crippen LogP contribution < -0.4 is 0 Å². The predicted molar refractivity (Wildman–Crippen MR) is 85.6 cm³/mol. The largest absolute Gasteiger partial charge is 0.378 e. The highest BCUT2D eigenvalue weighted by Gasteiger charge is 2.28. The van der Waals surface area contributed by atoms with Crippen molar-refractivity contribution in [1.29, 1.82) is 0 Å². The Balaban J connectivity index is 2.22. The van der Waals surface area contributed by atoms with Gasteiger partial charge in [-0.3, -0.25) is 4.79 Å². The molecule has 1 heterocycles. The van der Waals surface area contributed by atoms with Crippen LogP contribution in [0, 0.1) is 13.8 Å². The van der Waals surface area contributed by atoms with E-state index in [0.29, 0.717) is 13.2 Å². The number of carbonyl (C=O) groups is 1. The lowest BCUT2D eigenvalue weighted by molar-refractivity contribution is -0.134. The standard InChI is InChI=1S/C17H24ClNO2/c1-12-5-4-6-13(2)16(12)11-19(17(20)10-18)15-7-8-21-14(3)9-15/h4-6,14-15H,7-11H2,1-3H3/t14-,15+/m1/s1. The second kappa shape index (κ2) is 7.28. The van der Waals surface area contributed by atoms with E-state index in [1.54, 1.807) is 0 Å². The maximum atomic E-state index is 12.3. The van der Waals surface area contributed by atoms with Crippen molar-refractivity contribution >= 4 is 17.5 Å². The third-order valence-corrected chi connectivity index (χ3v) is 4.53. The molecule has 0 spiro atoms. The summed E-state index contributed by atoms with van der Waals surface area (Å²) in [6.07, 6.45) is 1.97. The van der Waals surface area contributed by atoms with E-state index in [9.17, 15) is 4.79 Å². The van der Waals surface area contributed by atoms with Crippen LogP contribution in [0.1, 0.15) is 36.5 Å². The average molecular weight is 310 g/mol. The van der Waals surface area contributed by atoms with Gasteiger partial charge in [-0.1, -0.05) is 18.2 Å². The Labute approximate surface area is 132 Å². The molecule has 21 heavy (non-hydrogen) atoms. The molecule has 0 radical (unpaired) electrons. The van der Waals surface area contributed by atoms with Crippen LogP contribution in [0.25, 0.3) is 0 Å². The fourth-order valence-electron chi connectivity index (χ4n) is 3.02. The summed E-state index contributed by atoms with van der Waals surface area (Å²) >= 11 is 5.83. The molecule has 1 aliphatic rings. The van der Waals surface area contributed by atoms with E-state index in [-0.39, 0.29) is 23.9 Å². The van der Waals surface area contributed by atoms with Gasteiger partial charge in [0.05, 0.1) is 6.10 Å². The Morgan fingerprint density at radius 2 is 2.05 bits per heavy atom. The zero-order valence-electron chi connectivity index (χ0n) is 13.1. The minimum absolute atomic E-state index is 0.0124. The van der Waals surface area contributed by atoms with Gasteiger partial charge in [0.1, 0.15) is 5.88 Å². The van der Waals surface area contributed by atoms with E-state index in [0.717, 1.165) is 12.8 Å². The van der Waals surface area contributed by atoms with E-state index >= 15 is 0 Å². The van der Waals surface area contributed by atoms with Crippen LogP contribution in [-0.2, 0) is 16.1 Å². The van der Waals surface area contributed by atoms with E-state index in [4.69, 9.17) is 16.3 Å². The lowest BCUT2D eigenvalue weighted by Gasteiger charge is -2.37. The van der Waals surface area contributed by atoms with Crippen molar-refractivity contribution in [3.05, 3.63) is 34.9 Å². The minimum atomic E-state index is 0.0124. The Hall–Kier alpha value is -1.06. The van der Waals surface area contributed by atoms with Crippen molar-refractivity contribution in [3.63, 3.8) is 0 Å². The number of hydrogen-bond donors (Lipinski definition) is 0. The summed E-state index contributed by atoms with van der Waals surface area (Å²) < 4.78 is 5.60. The Kier molecular flexibility index (Phi) is 5.65. The third kappa shape index (κ3) is 3.98. The Morgan fingerprint density at radius 1 is 1.38 bits per heavy atom. The zero-order chi connectivity index (χ0) is 15.4. The topological polar surface area (TPSA) is 29.5 Å². The van der Waals surface area contributed by atoms with Crippen molar-refractivity contribution < 1.29 is 9.53 Å². The summed E-state index contributed by atoms with van der Waals surface area (Å²) in [4.78, 5) is 14.2. The number of halogens is 1.